The van der Waals surface area contributed by atoms with Crippen LogP contribution in [0, 0.1) is 0 Å². The lowest BCUT2D eigenvalue weighted by Crippen LogP contribution is -2.45. The zero-order valence-electron chi connectivity index (χ0n) is 20.8. The molecule has 8 heteroatoms. The molecule has 0 fully saturated rings. The highest BCUT2D eigenvalue weighted by molar-refractivity contribution is 8.77. The summed E-state index contributed by atoms with van der Waals surface area (Å²) in [4.78, 5) is 4.69. The molecule has 0 unspecified atom stereocenters. The second-order valence-electron chi connectivity index (χ2n) is 8.12. The van der Waals surface area contributed by atoms with Gasteiger partial charge in [0.15, 0.2) is 4.34 Å². The second-order valence-corrected chi connectivity index (χ2v) is 14.5. The van der Waals surface area contributed by atoms with E-state index in [0.29, 0.717) is 19.8 Å². The van der Waals surface area contributed by atoms with Crippen molar-refractivity contribution in [2.75, 3.05) is 25.6 Å². The molecule has 2 aromatic rings. The van der Waals surface area contributed by atoms with Crippen molar-refractivity contribution in [1.29, 1.82) is 0 Å². The zero-order chi connectivity index (χ0) is 23.6. The SMILES string of the molecule is CCO[Si](CCCCCCCCCCCCSSc1nc2ccccc2s1)(OCC)OCC. The van der Waals surface area contributed by atoms with Crippen LogP contribution in [0.3, 0.4) is 0 Å². The molecule has 0 radical (unpaired) electrons. The van der Waals surface area contributed by atoms with Gasteiger partial charge in [0, 0.05) is 31.6 Å². The molecule has 0 aliphatic carbocycles. The molecule has 0 N–H and O–H groups in total. The van der Waals surface area contributed by atoms with Crippen LogP contribution in [-0.2, 0) is 13.3 Å². The number of nitrogens with zero attached hydrogens (tertiary/aromatic N) is 1. The Morgan fingerprint density at radius 3 is 1.88 bits per heavy atom. The van der Waals surface area contributed by atoms with Crippen LogP contribution in [0.15, 0.2) is 28.6 Å². The minimum atomic E-state index is -2.43. The normalized spacial score (nSPS) is 12.1. The summed E-state index contributed by atoms with van der Waals surface area (Å²) in [7, 11) is 1.36. The van der Waals surface area contributed by atoms with Gasteiger partial charge < -0.3 is 13.3 Å². The van der Waals surface area contributed by atoms with E-state index in [4.69, 9.17) is 13.3 Å². The van der Waals surface area contributed by atoms with E-state index in [9.17, 15) is 0 Å². The van der Waals surface area contributed by atoms with Crippen molar-refractivity contribution in [2.24, 2.45) is 0 Å². The van der Waals surface area contributed by atoms with Gasteiger partial charge in [0.25, 0.3) is 0 Å². The Morgan fingerprint density at radius 1 is 0.758 bits per heavy atom. The van der Waals surface area contributed by atoms with Crippen molar-refractivity contribution >= 4 is 51.9 Å². The highest BCUT2D eigenvalue weighted by atomic mass is 33.1. The molecule has 0 spiro atoms. The summed E-state index contributed by atoms with van der Waals surface area (Å²) in [5.41, 5.74) is 1.13. The molecule has 0 bridgehead atoms. The summed E-state index contributed by atoms with van der Waals surface area (Å²) in [5.74, 6) is 1.22. The molecule has 1 aromatic heterocycles. The number of benzene rings is 1. The van der Waals surface area contributed by atoms with Gasteiger partial charge in [0.1, 0.15) is 0 Å². The Labute approximate surface area is 214 Å². The third-order valence-corrected chi connectivity index (χ3v) is 12.4. The lowest BCUT2D eigenvalue weighted by atomic mass is 10.1. The molecule has 1 aromatic carbocycles. The number of hydrogen-bond donors (Lipinski definition) is 0. The van der Waals surface area contributed by atoms with Crippen LogP contribution in [0.25, 0.3) is 10.2 Å². The van der Waals surface area contributed by atoms with Crippen LogP contribution in [-0.4, -0.2) is 39.4 Å². The standard InChI is InChI=1S/C25H43NO3S3Si/c1-4-27-33(28-5-2,29-6-3)22-18-14-12-10-8-7-9-11-13-17-21-30-32-25-26-23-19-15-16-20-24(23)31-25/h15-16,19-20H,4-14,17-18,21-22H2,1-3H3. The van der Waals surface area contributed by atoms with Gasteiger partial charge in [-0.1, -0.05) is 74.3 Å². The molecule has 0 atom stereocenters. The minimum absolute atomic E-state index is 0.674. The summed E-state index contributed by atoms with van der Waals surface area (Å²) >= 11 is 1.80. The minimum Gasteiger partial charge on any atom is -0.374 e. The quantitative estimate of drug-likeness (QED) is 0.0913. The van der Waals surface area contributed by atoms with Crippen LogP contribution < -0.4 is 0 Å². The Bertz CT molecular complexity index is 696. The average molecular weight is 530 g/mol. The van der Waals surface area contributed by atoms with Crippen molar-refractivity contribution in [2.45, 2.75) is 95.4 Å². The molecule has 1 heterocycles. The maximum Gasteiger partial charge on any atom is 0.500 e. The molecule has 0 amide bonds. The first-order valence-electron chi connectivity index (χ1n) is 12.8. The van der Waals surface area contributed by atoms with Gasteiger partial charge in [-0.2, -0.15) is 0 Å². The van der Waals surface area contributed by atoms with Crippen LogP contribution in [0.1, 0.15) is 85.0 Å². The van der Waals surface area contributed by atoms with Crippen LogP contribution in [0.4, 0.5) is 0 Å². The predicted octanol–water partition coefficient (Wildman–Crippen LogP) is 8.99. The lowest BCUT2D eigenvalue weighted by molar-refractivity contribution is 0.0706. The molecule has 0 aliphatic rings. The molecule has 0 saturated carbocycles. The van der Waals surface area contributed by atoms with E-state index in [-0.39, 0.29) is 0 Å². The maximum atomic E-state index is 5.94. The van der Waals surface area contributed by atoms with Crippen LogP contribution in [0.2, 0.25) is 6.04 Å². The number of hydrogen-bond acceptors (Lipinski definition) is 7. The van der Waals surface area contributed by atoms with Gasteiger partial charge in [0.05, 0.1) is 10.2 Å². The molecular formula is C25H43NO3S3Si. The predicted molar refractivity (Wildman–Crippen MR) is 150 cm³/mol. The van der Waals surface area contributed by atoms with Crippen molar-refractivity contribution in [3.63, 3.8) is 0 Å². The fraction of sp³-hybridized carbons (Fsp3) is 0.720. The van der Waals surface area contributed by atoms with Gasteiger partial charge in [-0.25, -0.2) is 4.98 Å². The van der Waals surface area contributed by atoms with Crippen LogP contribution in [0.5, 0.6) is 0 Å². The zero-order valence-corrected chi connectivity index (χ0v) is 24.3. The Morgan fingerprint density at radius 2 is 1.30 bits per heavy atom. The average Bonchev–Trinajstić information content (AvgIpc) is 3.23. The number of aromatic nitrogens is 1. The van der Waals surface area contributed by atoms with Crippen LogP contribution >= 0.6 is 32.9 Å². The number of rotatable bonds is 21. The molecule has 4 nitrogen and oxygen atoms in total. The molecule has 0 saturated heterocycles. The van der Waals surface area contributed by atoms with E-state index in [1.165, 1.54) is 72.6 Å². The van der Waals surface area contributed by atoms with Gasteiger partial charge in [-0.05, 0) is 56.5 Å². The van der Waals surface area contributed by atoms with E-state index in [1.807, 2.05) is 42.4 Å². The van der Waals surface area contributed by atoms with E-state index in [1.54, 1.807) is 11.3 Å². The number of para-hydroxylation sites is 1. The van der Waals surface area contributed by atoms with Gasteiger partial charge in [-0.3, -0.25) is 0 Å². The number of thiazole rings is 1. The van der Waals surface area contributed by atoms with Crippen molar-refractivity contribution in [3.8, 4) is 0 Å². The van der Waals surface area contributed by atoms with E-state index in [0.717, 1.165) is 18.0 Å². The topological polar surface area (TPSA) is 40.6 Å². The maximum absolute atomic E-state index is 5.94. The van der Waals surface area contributed by atoms with Gasteiger partial charge >= 0.3 is 8.80 Å². The largest absolute Gasteiger partial charge is 0.500 e. The Hall–Kier alpha value is -0.0931. The molecule has 0 aliphatic heterocycles. The highest BCUT2D eigenvalue weighted by Crippen LogP contribution is 2.37. The molecule has 33 heavy (non-hydrogen) atoms. The first-order chi connectivity index (χ1) is 16.2. The fourth-order valence-electron chi connectivity index (χ4n) is 3.90. The number of unbranched alkanes of at least 4 members (excludes halogenated alkanes) is 9. The third-order valence-electron chi connectivity index (χ3n) is 5.46. The molecule has 188 valence electrons. The van der Waals surface area contributed by atoms with E-state index >= 15 is 0 Å². The lowest BCUT2D eigenvalue weighted by Gasteiger charge is -2.28. The third kappa shape index (κ3) is 11.9. The van der Waals surface area contributed by atoms with E-state index < -0.39 is 8.80 Å². The summed E-state index contributed by atoms with van der Waals surface area (Å²) in [6.45, 7) is 8.11. The fourth-order valence-corrected chi connectivity index (χ4v) is 10.1. The first-order valence-corrected chi connectivity index (χ1v) is 17.9. The van der Waals surface area contributed by atoms with Gasteiger partial charge in [0.2, 0.25) is 0 Å². The number of fused-ring (bicyclic) bond motifs is 1. The van der Waals surface area contributed by atoms with Crippen molar-refractivity contribution in [1.82, 2.24) is 4.98 Å². The summed E-state index contributed by atoms with van der Waals surface area (Å²) in [6, 6.07) is 9.35. The Balaban J connectivity index is 1.39. The summed E-state index contributed by atoms with van der Waals surface area (Å²) in [6.07, 6.45) is 13.2. The Kier molecular flexibility index (Phi) is 16.1. The smallest absolute Gasteiger partial charge is 0.374 e. The summed E-state index contributed by atoms with van der Waals surface area (Å²) in [5, 5.41) is 0. The van der Waals surface area contributed by atoms with E-state index in [2.05, 4.69) is 29.2 Å². The highest BCUT2D eigenvalue weighted by Gasteiger charge is 2.39. The van der Waals surface area contributed by atoms with Gasteiger partial charge in [-0.15, -0.1) is 11.3 Å². The molecule has 2 rings (SSSR count). The van der Waals surface area contributed by atoms with Crippen molar-refractivity contribution in [3.05, 3.63) is 24.3 Å². The first kappa shape index (κ1) is 29.1. The second kappa shape index (κ2) is 18.2. The van der Waals surface area contributed by atoms with Crippen molar-refractivity contribution < 1.29 is 13.3 Å². The summed E-state index contributed by atoms with van der Waals surface area (Å²) < 4.78 is 20.3. The molecular weight excluding hydrogens is 487 g/mol. The monoisotopic (exact) mass is 529 g/mol.